The number of aromatic nitrogens is 4. The minimum Gasteiger partial charge on any atom is -0.386 e. The van der Waals surface area contributed by atoms with Crippen molar-refractivity contribution in [3.8, 4) is 0 Å². The van der Waals surface area contributed by atoms with Gasteiger partial charge in [0.05, 0.1) is 19.5 Å². The third-order valence-electron chi connectivity index (χ3n) is 7.57. The third kappa shape index (κ3) is 13.9. The third-order valence-corrected chi connectivity index (χ3v) is 11.7. The maximum Gasteiger partial charge on any atom is 0.481 e. The zero-order chi connectivity index (χ0) is 40.5. The number of ether oxygens (including phenoxy) is 1. The number of nitrogens with two attached hydrogens (primary N) is 1. The number of imidazole rings is 1. The Morgan fingerprint density at radius 2 is 1.72 bits per heavy atom. The zero-order valence-corrected chi connectivity index (χ0v) is 32.7. The number of nitrogen functional groups attached to an aromatic ring is 1. The molecule has 2 aromatic rings. The van der Waals surface area contributed by atoms with Crippen LogP contribution >= 0.6 is 35.2 Å². The number of nitrogens with zero attached hydrogens (tertiary/aromatic N) is 4. The topological polar surface area (TPSA) is 364 Å². The Bertz CT molecular complexity index is 1760. The van der Waals surface area contributed by atoms with Crippen molar-refractivity contribution in [2.24, 2.45) is 5.41 Å². The van der Waals surface area contributed by atoms with Gasteiger partial charge < -0.3 is 50.9 Å². The van der Waals surface area contributed by atoms with Crippen molar-refractivity contribution in [3.63, 3.8) is 0 Å². The molecule has 0 aromatic carbocycles. The van der Waals surface area contributed by atoms with Crippen molar-refractivity contribution in [1.82, 2.24) is 30.2 Å². The second-order valence-corrected chi connectivity index (χ2v) is 17.8. The lowest BCUT2D eigenvalue weighted by Gasteiger charge is -2.30. The summed E-state index contributed by atoms with van der Waals surface area (Å²) in [6.45, 7) is 2.49. The molecule has 0 radical (unpaired) electrons. The number of amides is 2. The number of aliphatic hydroxyl groups is 2. The molecule has 1 fully saturated rings. The molecule has 24 nitrogen and oxygen atoms in total. The van der Waals surface area contributed by atoms with Crippen LogP contribution in [-0.4, -0.2) is 129 Å². The Morgan fingerprint density at radius 1 is 1.04 bits per heavy atom. The summed E-state index contributed by atoms with van der Waals surface area (Å²) in [5.74, 6) is 0.0127. The van der Waals surface area contributed by atoms with Gasteiger partial charge >= 0.3 is 23.5 Å². The number of hydrogen-bond acceptors (Lipinski definition) is 18. The van der Waals surface area contributed by atoms with Gasteiger partial charge in [0.15, 0.2) is 17.7 Å². The number of hydrogen-bond donors (Lipinski definition) is 9. The summed E-state index contributed by atoms with van der Waals surface area (Å²) < 4.78 is 62.0. The first kappa shape index (κ1) is 45.9. The summed E-state index contributed by atoms with van der Waals surface area (Å²) in [6.07, 6.45) is -5.90. The van der Waals surface area contributed by atoms with E-state index in [1.54, 1.807) is 6.92 Å². The van der Waals surface area contributed by atoms with Crippen molar-refractivity contribution in [2.45, 2.75) is 70.7 Å². The number of rotatable bonds is 23. The Balaban J connectivity index is 1.50. The number of fused-ring (bicyclic) bond motifs is 1. The van der Waals surface area contributed by atoms with Crippen LogP contribution in [0.2, 0.25) is 0 Å². The second-order valence-electron chi connectivity index (χ2n) is 12.3. The van der Waals surface area contributed by atoms with E-state index in [1.165, 1.54) is 25.6 Å². The van der Waals surface area contributed by atoms with Crippen molar-refractivity contribution in [1.29, 1.82) is 0 Å². The van der Waals surface area contributed by atoms with E-state index in [0.29, 0.717) is 30.9 Å². The smallest absolute Gasteiger partial charge is 0.386 e. The van der Waals surface area contributed by atoms with E-state index in [1.807, 2.05) is 0 Å². The highest BCUT2D eigenvalue weighted by Gasteiger charge is 2.50. The molecule has 0 bridgehead atoms. The molecular weight excluding hydrogens is 807 g/mol. The number of thioether (sulfide) groups is 1. The molecule has 3 heterocycles. The van der Waals surface area contributed by atoms with Crippen LogP contribution in [0.25, 0.3) is 11.2 Å². The average molecular weight is 852 g/mol. The van der Waals surface area contributed by atoms with Crippen LogP contribution in [0.15, 0.2) is 12.7 Å². The molecule has 54 heavy (non-hydrogen) atoms. The Labute approximate surface area is 312 Å². The highest BCUT2D eigenvalue weighted by Crippen LogP contribution is 2.61. The zero-order valence-electron chi connectivity index (χ0n) is 29.2. The van der Waals surface area contributed by atoms with E-state index >= 15 is 0 Å². The normalized spacial score (nSPS) is 22.0. The molecule has 1 aliphatic heterocycles. The highest BCUT2D eigenvalue weighted by molar-refractivity contribution is 7.99. The number of carbonyl (C=O) groups is 3. The van der Waals surface area contributed by atoms with Gasteiger partial charge in [-0.3, -0.25) is 32.5 Å². The Morgan fingerprint density at radius 3 is 2.39 bits per heavy atom. The Kier molecular flexibility index (Phi) is 16.7. The van der Waals surface area contributed by atoms with E-state index < -0.39 is 78.6 Å². The molecule has 28 heteroatoms. The fraction of sp³-hybridized carbons (Fsp3) is 0.692. The molecule has 1 saturated heterocycles. The molecule has 306 valence electrons. The minimum atomic E-state index is -5.56. The van der Waals surface area contributed by atoms with Gasteiger partial charge in [-0.1, -0.05) is 20.8 Å². The molecule has 2 amide bonds. The van der Waals surface area contributed by atoms with Crippen molar-refractivity contribution in [3.05, 3.63) is 12.7 Å². The van der Waals surface area contributed by atoms with Crippen LogP contribution in [0.4, 0.5) is 5.82 Å². The number of phosphoric ester groups is 3. The van der Waals surface area contributed by atoms with E-state index in [9.17, 15) is 57.9 Å². The fourth-order valence-electron chi connectivity index (χ4n) is 4.67. The predicted octanol–water partition coefficient (Wildman–Crippen LogP) is -0.493. The van der Waals surface area contributed by atoms with Gasteiger partial charge in [-0.15, -0.1) is 0 Å². The standard InChI is InChI=1S/C26H44N7O17P3S/c1-4-15(34)6-9-54-10-8-28-17(35)5-7-29-24(38)21(37)26(2,3)12-47-53(44,45)50-52(42,43)46-11-16-20(49-51(39,40)41)19(36)25(48-16)33-14-32-18-22(27)30-13-31-23(18)33/h13-14,16,19-21,25,36-37H,4-12H2,1-3H3,(H,28,35)(H,29,38)(H,42,43)(H,44,45)(H2,27,30,31)(H2,39,40,41)/t16-,19-,20-,21?,25-/m1/s1. The first-order valence-electron chi connectivity index (χ1n) is 16.0. The summed E-state index contributed by atoms with van der Waals surface area (Å²) in [5, 5.41) is 26.4. The summed E-state index contributed by atoms with van der Waals surface area (Å²) in [7, 11) is -16.4. The van der Waals surface area contributed by atoms with E-state index in [-0.39, 0.29) is 41.6 Å². The van der Waals surface area contributed by atoms with Crippen LogP contribution in [0, 0.1) is 5.41 Å². The molecule has 2 aromatic heterocycles. The number of ketones is 1. The predicted molar refractivity (Wildman–Crippen MR) is 187 cm³/mol. The molecule has 0 saturated carbocycles. The van der Waals surface area contributed by atoms with Gasteiger partial charge in [0.1, 0.15) is 42.0 Å². The van der Waals surface area contributed by atoms with Crippen molar-refractivity contribution in [2.75, 3.05) is 43.5 Å². The SMILES string of the molecule is CCC(=O)CCSCCNC(=O)CCNC(=O)C(O)C(C)(C)COP(=O)(O)OP(=O)(O)OC[C@H]1O[C@@H](n2cnc3c(N)ncnc32)[C@H](O)[C@@H]1OP(=O)(O)O. The van der Waals surface area contributed by atoms with Crippen LogP contribution in [0.5, 0.6) is 0 Å². The number of Topliss-reactive ketones (excluding diaryl/α,β-unsaturated/α-hetero) is 1. The quantitative estimate of drug-likeness (QED) is 0.0503. The van der Waals surface area contributed by atoms with Gasteiger partial charge in [-0.2, -0.15) is 16.1 Å². The molecule has 7 atom stereocenters. The maximum absolute atomic E-state index is 12.7. The maximum atomic E-state index is 12.7. The van der Waals surface area contributed by atoms with Crippen LogP contribution in [0.3, 0.4) is 0 Å². The van der Waals surface area contributed by atoms with E-state index in [4.69, 9.17) is 19.5 Å². The van der Waals surface area contributed by atoms with Crippen molar-refractivity contribution >= 4 is 69.8 Å². The number of aliphatic hydroxyl groups excluding tert-OH is 2. The Hall–Kier alpha value is -2.44. The molecule has 0 aliphatic carbocycles. The molecule has 3 unspecified atom stereocenters. The van der Waals surface area contributed by atoms with Gasteiger partial charge in [-0.25, -0.2) is 28.6 Å². The van der Waals surface area contributed by atoms with Crippen LogP contribution in [0.1, 0.15) is 46.3 Å². The van der Waals surface area contributed by atoms with Gasteiger partial charge in [0.25, 0.3) is 0 Å². The average Bonchev–Trinajstić information content (AvgIpc) is 3.64. The first-order valence-corrected chi connectivity index (χ1v) is 21.7. The highest BCUT2D eigenvalue weighted by atomic mass is 32.2. The molecule has 1 aliphatic rings. The van der Waals surface area contributed by atoms with Crippen LogP contribution in [-0.2, 0) is 50.7 Å². The summed E-state index contributed by atoms with van der Waals surface area (Å²) >= 11 is 1.51. The fourth-order valence-corrected chi connectivity index (χ4v) is 8.32. The number of nitrogens with one attached hydrogen (secondary N) is 2. The minimum absolute atomic E-state index is 0.0331. The molecule has 3 rings (SSSR count). The lowest BCUT2D eigenvalue weighted by atomic mass is 9.87. The van der Waals surface area contributed by atoms with E-state index in [0.717, 1.165) is 17.2 Å². The van der Waals surface area contributed by atoms with E-state index in [2.05, 4.69) is 34.4 Å². The number of carbonyl (C=O) groups excluding carboxylic acids is 3. The molecular formula is C26H44N7O17P3S. The molecule has 10 N–H and O–H groups in total. The number of anilines is 1. The second kappa shape index (κ2) is 19.6. The largest absolute Gasteiger partial charge is 0.481 e. The van der Waals surface area contributed by atoms with Gasteiger partial charge in [-0.05, 0) is 0 Å². The summed E-state index contributed by atoms with van der Waals surface area (Å²) in [5.41, 5.74) is 4.28. The monoisotopic (exact) mass is 851 g/mol. The summed E-state index contributed by atoms with van der Waals surface area (Å²) in [6, 6.07) is 0. The lowest BCUT2D eigenvalue weighted by Crippen LogP contribution is -2.46. The first-order chi connectivity index (χ1) is 25.1. The van der Waals surface area contributed by atoms with Gasteiger partial charge in [0, 0.05) is 49.3 Å². The molecule has 0 spiro atoms. The van der Waals surface area contributed by atoms with Crippen LogP contribution < -0.4 is 16.4 Å². The number of phosphoric acid groups is 3. The van der Waals surface area contributed by atoms with Gasteiger partial charge in [0.2, 0.25) is 11.8 Å². The van der Waals surface area contributed by atoms with Crippen molar-refractivity contribution < 1.29 is 80.5 Å². The summed E-state index contributed by atoms with van der Waals surface area (Å²) in [4.78, 5) is 86.7. The lowest BCUT2D eigenvalue weighted by molar-refractivity contribution is -0.137.